The zero-order valence-corrected chi connectivity index (χ0v) is 13.0. The van der Waals surface area contributed by atoms with Crippen LogP contribution in [0.15, 0.2) is 30.3 Å². The summed E-state index contributed by atoms with van der Waals surface area (Å²) in [4.78, 5) is 15.0. The minimum Gasteiger partial charge on any atom is -0.392 e. The molecule has 2 aromatic rings. The molecule has 0 radical (unpaired) electrons. The van der Waals surface area contributed by atoms with Gasteiger partial charge in [0.1, 0.15) is 0 Å². The first kappa shape index (κ1) is 14.3. The summed E-state index contributed by atoms with van der Waals surface area (Å²) in [6, 6.07) is 9.89. The summed E-state index contributed by atoms with van der Waals surface area (Å²) < 4.78 is 0. The average molecular weight is 301 g/mol. The Labute approximate surface area is 128 Å². The molecule has 1 fully saturated rings. The maximum atomic E-state index is 12.3. The summed E-state index contributed by atoms with van der Waals surface area (Å²) in [5.41, 5.74) is 2.64. The quantitative estimate of drug-likeness (QED) is 0.906. The van der Waals surface area contributed by atoms with Gasteiger partial charge in [-0.1, -0.05) is 12.1 Å². The van der Waals surface area contributed by atoms with Gasteiger partial charge in [0.15, 0.2) is 0 Å². The molecule has 2 N–H and O–H groups in total. The van der Waals surface area contributed by atoms with E-state index >= 15 is 0 Å². The van der Waals surface area contributed by atoms with Crippen LogP contribution in [-0.4, -0.2) is 11.0 Å². The van der Waals surface area contributed by atoms with Crippen LogP contribution in [0.1, 0.15) is 33.2 Å². The number of aryl methyl sites for hydroxylation is 2. The minimum atomic E-state index is -0.0102. The lowest BCUT2D eigenvalue weighted by Gasteiger charge is -2.09. The lowest BCUT2D eigenvalue weighted by Crippen LogP contribution is -2.15. The molecule has 21 heavy (non-hydrogen) atoms. The standard InChI is InChI=1S/C17H19NO2S/c1-10-3-5-12(9-19)7-15(10)18-17(20)14-8-13(14)16-6-4-11(2)21-16/h3-7,13-14,19H,8-9H2,1-2H3,(H,18,20). The smallest absolute Gasteiger partial charge is 0.228 e. The van der Waals surface area contributed by atoms with E-state index < -0.39 is 0 Å². The van der Waals surface area contributed by atoms with E-state index in [2.05, 4.69) is 24.4 Å². The van der Waals surface area contributed by atoms with E-state index in [1.165, 1.54) is 9.75 Å². The van der Waals surface area contributed by atoms with E-state index in [0.717, 1.165) is 23.2 Å². The van der Waals surface area contributed by atoms with Crippen molar-refractivity contribution < 1.29 is 9.90 Å². The fourth-order valence-corrected chi connectivity index (χ4v) is 3.64. The third-order valence-electron chi connectivity index (χ3n) is 4.00. The number of aliphatic hydroxyl groups excluding tert-OH is 1. The fourth-order valence-electron chi connectivity index (χ4n) is 2.58. The molecule has 1 aromatic carbocycles. The molecule has 0 saturated heterocycles. The molecular weight excluding hydrogens is 282 g/mol. The second-order valence-corrected chi connectivity index (χ2v) is 7.01. The molecular formula is C17H19NO2S. The van der Waals surface area contributed by atoms with Crippen molar-refractivity contribution in [2.24, 2.45) is 5.92 Å². The Morgan fingerprint density at radius 1 is 1.33 bits per heavy atom. The van der Waals surface area contributed by atoms with Gasteiger partial charge in [-0.15, -0.1) is 11.3 Å². The van der Waals surface area contributed by atoms with Gasteiger partial charge in [0.2, 0.25) is 5.91 Å². The van der Waals surface area contributed by atoms with Gasteiger partial charge >= 0.3 is 0 Å². The van der Waals surface area contributed by atoms with Crippen LogP contribution in [0.2, 0.25) is 0 Å². The van der Waals surface area contributed by atoms with Gasteiger partial charge < -0.3 is 10.4 Å². The number of carbonyl (C=O) groups is 1. The second-order valence-electron chi connectivity index (χ2n) is 5.69. The molecule has 1 heterocycles. The molecule has 2 unspecified atom stereocenters. The first-order chi connectivity index (χ1) is 10.1. The topological polar surface area (TPSA) is 49.3 Å². The highest BCUT2D eigenvalue weighted by Crippen LogP contribution is 2.50. The molecule has 1 aliphatic rings. The Hall–Kier alpha value is -1.65. The van der Waals surface area contributed by atoms with Gasteiger partial charge in [0.25, 0.3) is 0 Å². The van der Waals surface area contributed by atoms with Crippen molar-refractivity contribution in [1.82, 2.24) is 0 Å². The SMILES string of the molecule is Cc1ccc(C2CC2C(=O)Nc2cc(CO)ccc2C)s1. The number of anilines is 1. The average Bonchev–Trinajstić information content (AvgIpc) is 3.16. The van der Waals surface area contributed by atoms with Crippen LogP contribution in [-0.2, 0) is 11.4 Å². The van der Waals surface area contributed by atoms with Gasteiger partial charge in [-0.3, -0.25) is 4.79 Å². The van der Waals surface area contributed by atoms with E-state index in [9.17, 15) is 9.90 Å². The molecule has 1 saturated carbocycles. The Morgan fingerprint density at radius 2 is 2.14 bits per heavy atom. The van der Waals surface area contributed by atoms with Gasteiger partial charge in [-0.25, -0.2) is 0 Å². The van der Waals surface area contributed by atoms with Crippen LogP contribution in [0.4, 0.5) is 5.69 Å². The van der Waals surface area contributed by atoms with Crippen molar-refractivity contribution in [3.05, 3.63) is 51.2 Å². The van der Waals surface area contributed by atoms with Crippen LogP contribution in [0.5, 0.6) is 0 Å². The highest BCUT2D eigenvalue weighted by molar-refractivity contribution is 7.12. The van der Waals surface area contributed by atoms with Crippen LogP contribution in [0.25, 0.3) is 0 Å². The maximum Gasteiger partial charge on any atom is 0.228 e. The molecule has 4 heteroatoms. The number of rotatable bonds is 4. The van der Waals surface area contributed by atoms with Gasteiger partial charge in [-0.2, -0.15) is 0 Å². The number of amides is 1. The molecule has 1 aliphatic carbocycles. The van der Waals surface area contributed by atoms with Crippen LogP contribution < -0.4 is 5.32 Å². The van der Waals surface area contributed by atoms with Crippen molar-refractivity contribution in [2.75, 3.05) is 5.32 Å². The van der Waals surface area contributed by atoms with Crippen molar-refractivity contribution in [2.45, 2.75) is 32.8 Å². The monoisotopic (exact) mass is 301 g/mol. The number of benzene rings is 1. The van der Waals surface area contributed by atoms with E-state index in [0.29, 0.717) is 5.92 Å². The molecule has 1 amide bonds. The number of aliphatic hydroxyl groups is 1. The Bertz CT molecular complexity index is 677. The molecule has 110 valence electrons. The summed E-state index contributed by atoms with van der Waals surface area (Å²) in [7, 11) is 0. The van der Waals surface area contributed by atoms with Gasteiger partial charge in [0.05, 0.1) is 6.61 Å². The summed E-state index contributed by atoms with van der Waals surface area (Å²) >= 11 is 1.78. The van der Waals surface area contributed by atoms with Gasteiger partial charge in [-0.05, 0) is 49.6 Å². The van der Waals surface area contributed by atoms with E-state index in [4.69, 9.17) is 0 Å². The molecule has 0 spiro atoms. The van der Waals surface area contributed by atoms with Gasteiger partial charge in [0, 0.05) is 27.3 Å². The molecule has 0 aliphatic heterocycles. The van der Waals surface area contributed by atoms with Crippen LogP contribution >= 0.6 is 11.3 Å². The molecule has 3 rings (SSSR count). The van der Waals surface area contributed by atoms with E-state index in [1.54, 1.807) is 11.3 Å². The first-order valence-corrected chi connectivity index (χ1v) is 7.97. The Balaban J connectivity index is 1.68. The minimum absolute atomic E-state index is 0.0102. The zero-order valence-electron chi connectivity index (χ0n) is 12.2. The molecule has 1 aromatic heterocycles. The van der Waals surface area contributed by atoms with Crippen molar-refractivity contribution in [1.29, 1.82) is 0 Å². The lowest BCUT2D eigenvalue weighted by atomic mass is 10.1. The fraction of sp³-hybridized carbons (Fsp3) is 0.353. The molecule has 0 bridgehead atoms. The third kappa shape index (κ3) is 3.01. The normalized spacial score (nSPS) is 20.3. The summed E-state index contributed by atoms with van der Waals surface area (Å²) in [6.07, 6.45) is 0.935. The van der Waals surface area contributed by atoms with Crippen LogP contribution in [0.3, 0.4) is 0 Å². The predicted molar refractivity (Wildman–Crippen MR) is 85.6 cm³/mol. The summed E-state index contributed by atoms with van der Waals surface area (Å²) in [5.74, 6) is 0.550. The lowest BCUT2D eigenvalue weighted by molar-refractivity contribution is -0.117. The largest absolute Gasteiger partial charge is 0.392 e. The van der Waals surface area contributed by atoms with Crippen molar-refractivity contribution in [3.63, 3.8) is 0 Å². The molecule has 3 nitrogen and oxygen atoms in total. The van der Waals surface area contributed by atoms with Crippen LogP contribution in [0, 0.1) is 19.8 Å². The highest BCUT2D eigenvalue weighted by atomic mass is 32.1. The van der Waals surface area contributed by atoms with E-state index in [1.807, 2.05) is 25.1 Å². The third-order valence-corrected chi connectivity index (χ3v) is 5.13. The summed E-state index contributed by atoms with van der Waals surface area (Å²) in [5, 5.41) is 12.2. The highest BCUT2D eigenvalue weighted by Gasteiger charge is 2.44. The predicted octanol–water partition coefficient (Wildman–Crippen LogP) is 3.60. The number of hydrogen-bond acceptors (Lipinski definition) is 3. The Kier molecular flexibility index (Phi) is 3.83. The van der Waals surface area contributed by atoms with Crippen molar-refractivity contribution >= 4 is 22.9 Å². The molecule has 2 atom stereocenters. The number of nitrogens with one attached hydrogen (secondary N) is 1. The number of thiophene rings is 1. The maximum absolute atomic E-state index is 12.3. The zero-order chi connectivity index (χ0) is 15.0. The summed E-state index contributed by atoms with van der Waals surface area (Å²) in [6.45, 7) is 4.04. The van der Waals surface area contributed by atoms with Crippen molar-refractivity contribution in [3.8, 4) is 0 Å². The number of carbonyl (C=O) groups excluding carboxylic acids is 1. The second kappa shape index (κ2) is 5.62. The Morgan fingerprint density at radius 3 is 2.81 bits per heavy atom. The first-order valence-electron chi connectivity index (χ1n) is 7.16. The van der Waals surface area contributed by atoms with E-state index in [-0.39, 0.29) is 18.4 Å². The number of hydrogen-bond donors (Lipinski definition) is 2.